The van der Waals surface area contributed by atoms with Crippen LogP contribution >= 0.6 is 0 Å². The number of benzene rings is 2. The number of hydrogen-bond acceptors (Lipinski definition) is 7. The molecule has 0 atom stereocenters. The molecule has 8 nitrogen and oxygen atoms in total. The van der Waals surface area contributed by atoms with Crippen LogP contribution in [0.5, 0.6) is 5.75 Å². The normalized spacial score (nSPS) is 10.6. The summed E-state index contributed by atoms with van der Waals surface area (Å²) in [5, 5.41) is 9.33. The summed E-state index contributed by atoms with van der Waals surface area (Å²) < 4.78 is 5.54. The molecule has 0 aliphatic rings. The summed E-state index contributed by atoms with van der Waals surface area (Å²) in [4.78, 5) is 22.3. The lowest BCUT2D eigenvalue weighted by molar-refractivity contribution is -0.123. The molecule has 3 aromatic rings. The van der Waals surface area contributed by atoms with Crippen molar-refractivity contribution < 1.29 is 9.53 Å². The van der Waals surface area contributed by atoms with E-state index in [4.69, 9.17) is 4.74 Å². The smallest absolute Gasteiger partial charge is 0.257 e. The van der Waals surface area contributed by atoms with E-state index in [0.717, 1.165) is 17.9 Å². The van der Waals surface area contributed by atoms with Crippen molar-refractivity contribution in [2.24, 2.45) is 0 Å². The molecule has 0 unspecified atom stereocenters. The van der Waals surface area contributed by atoms with Gasteiger partial charge in [0, 0.05) is 30.5 Å². The second kappa shape index (κ2) is 10.9. The van der Waals surface area contributed by atoms with Gasteiger partial charge in [0.25, 0.3) is 5.91 Å². The van der Waals surface area contributed by atoms with Crippen LogP contribution in [0.15, 0.2) is 60.9 Å². The molecule has 0 bridgehead atoms. The average molecular weight is 421 g/mol. The summed E-state index contributed by atoms with van der Waals surface area (Å²) in [6.07, 6.45) is 1.51. The van der Waals surface area contributed by atoms with Gasteiger partial charge in [0.2, 0.25) is 0 Å². The van der Waals surface area contributed by atoms with Gasteiger partial charge in [0.05, 0.1) is 0 Å². The fraction of sp³-hybridized carbons (Fsp3) is 0.261. The van der Waals surface area contributed by atoms with E-state index in [1.165, 1.54) is 11.9 Å². The Balaban J connectivity index is 1.51. The third-order valence-electron chi connectivity index (χ3n) is 4.34. The zero-order valence-corrected chi connectivity index (χ0v) is 18.1. The second-order valence-corrected chi connectivity index (χ2v) is 7.37. The Labute approximate surface area is 182 Å². The molecule has 0 spiro atoms. The van der Waals surface area contributed by atoms with E-state index in [1.54, 1.807) is 0 Å². The summed E-state index contributed by atoms with van der Waals surface area (Å²) in [6, 6.07) is 17.3. The number of carbonyl (C=O) groups is 1. The Kier molecular flexibility index (Phi) is 7.78. The molecule has 162 valence electrons. The van der Waals surface area contributed by atoms with E-state index in [2.05, 4.69) is 32.0 Å². The van der Waals surface area contributed by atoms with Gasteiger partial charge in [-0.2, -0.15) is 0 Å². The number of aromatic nitrogens is 2. The number of anilines is 4. The SMILES string of the molecule is Cc1cccc(Nc2cc(Nc3ccc(OCC(=O)NCCN(C)C)cc3)ncn2)c1. The van der Waals surface area contributed by atoms with Crippen molar-refractivity contribution >= 4 is 28.9 Å². The Morgan fingerprint density at radius 2 is 1.68 bits per heavy atom. The quantitative estimate of drug-likeness (QED) is 0.463. The highest BCUT2D eigenvalue weighted by atomic mass is 16.5. The third kappa shape index (κ3) is 7.60. The van der Waals surface area contributed by atoms with Crippen molar-refractivity contribution in [1.82, 2.24) is 20.2 Å². The first-order valence-electron chi connectivity index (χ1n) is 10.0. The summed E-state index contributed by atoms with van der Waals surface area (Å²) in [5.74, 6) is 1.85. The number of aryl methyl sites for hydroxylation is 1. The predicted octanol–water partition coefficient (Wildman–Crippen LogP) is 3.33. The fourth-order valence-electron chi connectivity index (χ4n) is 2.77. The topological polar surface area (TPSA) is 91.4 Å². The maximum absolute atomic E-state index is 11.8. The van der Waals surface area contributed by atoms with Crippen LogP contribution in [0.25, 0.3) is 0 Å². The van der Waals surface area contributed by atoms with Gasteiger partial charge < -0.3 is 25.6 Å². The molecule has 8 heteroatoms. The average Bonchev–Trinajstić information content (AvgIpc) is 2.73. The first-order valence-corrected chi connectivity index (χ1v) is 10.0. The first-order chi connectivity index (χ1) is 15.0. The molecule has 1 heterocycles. The number of likely N-dealkylation sites (N-methyl/N-ethyl adjacent to an activating group) is 1. The molecule has 1 aromatic heterocycles. The van der Waals surface area contributed by atoms with E-state index < -0.39 is 0 Å². The Morgan fingerprint density at radius 1 is 0.968 bits per heavy atom. The van der Waals surface area contributed by atoms with E-state index in [9.17, 15) is 4.79 Å². The first kappa shape index (κ1) is 22.0. The molecule has 1 amide bonds. The van der Waals surface area contributed by atoms with Gasteiger partial charge in [-0.05, 0) is 63.0 Å². The van der Waals surface area contributed by atoms with E-state index in [1.807, 2.05) is 74.4 Å². The molecule has 0 fully saturated rings. The lowest BCUT2D eigenvalue weighted by Gasteiger charge is -2.11. The van der Waals surface area contributed by atoms with Gasteiger partial charge >= 0.3 is 0 Å². The molecule has 0 radical (unpaired) electrons. The second-order valence-electron chi connectivity index (χ2n) is 7.37. The Morgan fingerprint density at radius 3 is 2.35 bits per heavy atom. The van der Waals surface area contributed by atoms with Crippen LogP contribution in [-0.4, -0.2) is 54.6 Å². The maximum atomic E-state index is 11.8. The monoisotopic (exact) mass is 420 g/mol. The number of nitrogens with one attached hydrogen (secondary N) is 3. The molecule has 0 saturated carbocycles. The third-order valence-corrected chi connectivity index (χ3v) is 4.34. The number of rotatable bonds is 10. The van der Waals surface area contributed by atoms with Gasteiger partial charge in [-0.1, -0.05) is 12.1 Å². The number of nitrogens with zero attached hydrogens (tertiary/aromatic N) is 3. The van der Waals surface area contributed by atoms with E-state index in [-0.39, 0.29) is 12.5 Å². The fourth-order valence-corrected chi connectivity index (χ4v) is 2.77. The molecule has 3 N–H and O–H groups in total. The highest BCUT2D eigenvalue weighted by molar-refractivity contribution is 5.77. The Bertz CT molecular complexity index is 991. The van der Waals surface area contributed by atoms with Crippen molar-refractivity contribution in [2.45, 2.75) is 6.92 Å². The zero-order valence-electron chi connectivity index (χ0n) is 18.1. The molecule has 0 aliphatic carbocycles. The standard InChI is InChI=1S/C23H28N6O2/c1-17-5-4-6-19(13-17)28-22-14-21(25-16-26-22)27-18-7-9-20(10-8-18)31-15-23(30)24-11-12-29(2)3/h4-10,13-14,16H,11-12,15H2,1-3H3,(H,24,30)(H2,25,26,27,28). The minimum absolute atomic E-state index is 0.0138. The van der Waals surface area contributed by atoms with Gasteiger partial charge in [0.1, 0.15) is 23.7 Å². The highest BCUT2D eigenvalue weighted by Gasteiger charge is 2.04. The van der Waals surface area contributed by atoms with E-state index >= 15 is 0 Å². The van der Waals surface area contributed by atoms with Crippen LogP contribution in [0.1, 0.15) is 5.56 Å². The number of carbonyl (C=O) groups excluding carboxylic acids is 1. The molecule has 0 saturated heterocycles. The molecule has 31 heavy (non-hydrogen) atoms. The van der Waals surface area contributed by atoms with Crippen molar-refractivity contribution in [3.05, 3.63) is 66.5 Å². The van der Waals surface area contributed by atoms with Crippen molar-refractivity contribution in [3.63, 3.8) is 0 Å². The van der Waals surface area contributed by atoms with Gasteiger partial charge in [-0.25, -0.2) is 9.97 Å². The minimum atomic E-state index is -0.140. The molecular weight excluding hydrogens is 392 g/mol. The van der Waals surface area contributed by atoms with Crippen LogP contribution in [-0.2, 0) is 4.79 Å². The van der Waals surface area contributed by atoms with Crippen LogP contribution in [0.3, 0.4) is 0 Å². The maximum Gasteiger partial charge on any atom is 0.257 e. The molecular formula is C23H28N6O2. The van der Waals surface area contributed by atoms with Crippen LogP contribution < -0.4 is 20.7 Å². The van der Waals surface area contributed by atoms with Gasteiger partial charge in [-0.15, -0.1) is 0 Å². The lowest BCUT2D eigenvalue weighted by Crippen LogP contribution is -2.34. The van der Waals surface area contributed by atoms with Crippen LogP contribution in [0.4, 0.5) is 23.0 Å². The Hall–Kier alpha value is -3.65. The number of hydrogen-bond donors (Lipinski definition) is 3. The van der Waals surface area contributed by atoms with Gasteiger partial charge in [-0.3, -0.25) is 4.79 Å². The summed E-state index contributed by atoms with van der Waals surface area (Å²) >= 11 is 0. The van der Waals surface area contributed by atoms with E-state index in [0.29, 0.717) is 23.9 Å². The molecule has 3 rings (SSSR count). The molecule has 2 aromatic carbocycles. The zero-order chi connectivity index (χ0) is 22.1. The largest absolute Gasteiger partial charge is 0.484 e. The van der Waals surface area contributed by atoms with Gasteiger partial charge in [0.15, 0.2) is 6.61 Å². The molecule has 0 aliphatic heterocycles. The lowest BCUT2D eigenvalue weighted by atomic mass is 10.2. The summed E-state index contributed by atoms with van der Waals surface area (Å²) in [6.45, 7) is 3.42. The predicted molar refractivity (Wildman–Crippen MR) is 123 cm³/mol. The number of amides is 1. The minimum Gasteiger partial charge on any atom is -0.484 e. The van der Waals surface area contributed by atoms with Crippen molar-refractivity contribution in [1.29, 1.82) is 0 Å². The summed E-state index contributed by atoms with van der Waals surface area (Å²) in [5.41, 5.74) is 2.99. The van der Waals surface area contributed by atoms with Crippen LogP contribution in [0.2, 0.25) is 0 Å². The van der Waals surface area contributed by atoms with Crippen LogP contribution in [0, 0.1) is 6.92 Å². The van der Waals surface area contributed by atoms with Crippen molar-refractivity contribution in [2.75, 3.05) is 44.4 Å². The highest BCUT2D eigenvalue weighted by Crippen LogP contribution is 2.21. The van der Waals surface area contributed by atoms with Crippen molar-refractivity contribution in [3.8, 4) is 5.75 Å². The number of ether oxygens (including phenoxy) is 1. The summed E-state index contributed by atoms with van der Waals surface area (Å²) in [7, 11) is 3.92.